The summed E-state index contributed by atoms with van der Waals surface area (Å²) in [5.74, 6) is -0.362. The van der Waals surface area contributed by atoms with E-state index in [2.05, 4.69) is 11.1 Å². The zero-order valence-electron chi connectivity index (χ0n) is 15.6. The van der Waals surface area contributed by atoms with Gasteiger partial charge in [-0.25, -0.2) is 4.98 Å². The summed E-state index contributed by atoms with van der Waals surface area (Å²) in [5.41, 5.74) is 2.99. The number of nitrogens with zero attached hydrogens (tertiary/aromatic N) is 4. The van der Waals surface area contributed by atoms with Gasteiger partial charge in [-0.3, -0.25) is 14.4 Å². The van der Waals surface area contributed by atoms with Crippen LogP contribution >= 0.6 is 0 Å². The smallest absolute Gasteiger partial charge is 0.272 e. The van der Waals surface area contributed by atoms with Gasteiger partial charge in [0.2, 0.25) is 6.41 Å². The van der Waals surface area contributed by atoms with Gasteiger partial charge in [0, 0.05) is 39.3 Å². The second-order valence-electron chi connectivity index (χ2n) is 7.09. The van der Waals surface area contributed by atoms with E-state index in [-0.39, 0.29) is 23.2 Å². The molecule has 28 heavy (non-hydrogen) atoms. The first kappa shape index (κ1) is 18.2. The summed E-state index contributed by atoms with van der Waals surface area (Å²) < 4.78 is 0. The number of carbonyl (C=O) groups is 3. The molecule has 0 saturated carbocycles. The molecule has 144 valence electrons. The fraction of sp³-hybridized carbons (Fsp3) is 0.333. The Morgan fingerprint density at radius 3 is 2.11 bits per heavy atom. The minimum Gasteiger partial charge on any atom is -0.342 e. The second-order valence-corrected chi connectivity index (χ2v) is 7.09. The van der Waals surface area contributed by atoms with Crippen LogP contribution in [-0.4, -0.2) is 70.6 Å². The summed E-state index contributed by atoms with van der Waals surface area (Å²) in [5, 5.41) is 0. The van der Waals surface area contributed by atoms with Crippen LogP contribution in [0.4, 0.5) is 0 Å². The number of carbonyl (C=O) groups excluding carboxylic acids is 3. The topological polar surface area (TPSA) is 73.8 Å². The molecule has 0 bridgehead atoms. The van der Waals surface area contributed by atoms with Gasteiger partial charge in [-0.1, -0.05) is 30.3 Å². The van der Waals surface area contributed by atoms with Crippen LogP contribution in [0.5, 0.6) is 0 Å². The van der Waals surface area contributed by atoms with E-state index >= 15 is 0 Å². The van der Waals surface area contributed by atoms with Crippen molar-refractivity contribution in [2.45, 2.75) is 13.0 Å². The molecule has 3 heterocycles. The summed E-state index contributed by atoms with van der Waals surface area (Å²) in [4.78, 5) is 45.9. The highest BCUT2D eigenvalue weighted by Crippen LogP contribution is 2.20. The third-order valence-electron chi connectivity index (χ3n) is 5.36. The average molecular weight is 378 g/mol. The van der Waals surface area contributed by atoms with Crippen LogP contribution in [0.3, 0.4) is 0 Å². The van der Waals surface area contributed by atoms with Crippen molar-refractivity contribution in [1.29, 1.82) is 0 Å². The Morgan fingerprint density at radius 2 is 1.43 bits per heavy atom. The highest BCUT2D eigenvalue weighted by atomic mass is 16.2. The normalized spacial score (nSPS) is 16.5. The molecular weight excluding hydrogens is 356 g/mol. The van der Waals surface area contributed by atoms with E-state index in [1.165, 1.54) is 5.56 Å². The van der Waals surface area contributed by atoms with Gasteiger partial charge in [-0.15, -0.1) is 0 Å². The summed E-state index contributed by atoms with van der Waals surface area (Å²) in [6, 6.07) is 13.1. The molecular formula is C21H22N4O3. The van der Waals surface area contributed by atoms with E-state index < -0.39 is 0 Å². The monoisotopic (exact) mass is 378 g/mol. The molecule has 0 unspecified atom stereocenters. The average Bonchev–Trinajstić information content (AvgIpc) is 2.78. The maximum Gasteiger partial charge on any atom is 0.272 e. The standard InChI is InChI=1S/C21H22N4O3/c26-15-23-10-12-24(13-11-23)20(27)18-6-3-7-19(22-18)21(28)25-9-8-16-4-1-2-5-17(16)14-25/h1-7,15H,8-14H2. The van der Waals surface area contributed by atoms with Crippen LogP contribution < -0.4 is 0 Å². The molecule has 7 heteroatoms. The number of piperazine rings is 1. The Bertz CT molecular complexity index is 906. The molecule has 1 aromatic carbocycles. The lowest BCUT2D eigenvalue weighted by Gasteiger charge is -2.32. The molecule has 1 saturated heterocycles. The van der Waals surface area contributed by atoms with Crippen LogP contribution in [-0.2, 0) is 17.8 Å². The molecule has 0 spiro atoms. The third-order valence-corrected chi connectivity index (χ3v) is 5.36. The number of amides is 3. The quantitative estimate of drug-likeness (QED) is 0.752. The van der Waals surface area contributed by atoms with Gasteiger partial charge in [-0.05, 0) is 29.7 Å². The first-order valence-corrected chi connectivity index (χ1v) is 9.47. The number of hydrogen-bond donors (Lipinski definition) is 0. The molecule has 0 N–H and O–H groups in total. The van der Waals surface area contributed by atoms with E-state index in [9.17, 15) is 14.4 Å². The highest BCUT2D eigenvalue weighted by Gasteiger charge is 2.25. The van der Waals surface area contributed by atoms with Crippen molar-refractivity contribution in [2.75, 3.05) is 32.7 Å². The number of rotatable bonds is 3. The Kier molecular flexibility index (Phi) is 5.06. The Morgan fingerprint density at radius 1 is 0.786 bits per heavy atom. The van der Waals surface area contributed by atoms with Crippen molar-refractivity contribution in [1.82, 2.24) is 19.7 Å². The fourth-order valence-corrected chi connectivity index (χ4v) is 3.70. The van der Waals surface area contributed by atoms with E-state index in [4.69, 9.17) is 0 Å². The Balaban J connectivity index is 1.47. The molecule has 1 aromatic heterocycles. The molecule has 2 aliphatic rings. The zero-order chi connectivity index (χ0) is 19.5. The lowest BCUT2D eigenvalue weighted by atomic mass is 10.00. The van der Waals surface area contributed by atoms with Crippen LogP contribution in [0.2, 0.25) is 0 Å². The molecule has 2 aliphatic heterocycles. The molecule has 2 aromatic rings. The Hall–Kier alpha value is -3.22. The van der Waals surface area contributed by atoms with Crippen molar-refractivity contribution in [2.24, 2.45) is 0 Å². The van der Waals surface area contributed by atoms with Crippen LogP contribution in [0.15, 0.2) is 42.5 Å². The van der Waals surface area contributed by atoms with Crippen molar-refractivity contribution < 1.29 is 14.4 Å². The van der Waals surface area contributed by atoms with Gasteiger partial charge in [-0.2, -0.15) is 0 Å². The van der Waals surface area contributed by atoms with Crippen molar-refractivity contribution in [3.8, 4) is 0 Å². The molecule has 1 fully saturated rings. The Labute approximate surface area is 163 Å². The van der Waals surface area contributed by atoms with Crippen molar-refractivity contribution in [3.05, 3.63) is 65.0 Å². The summed E-state index contributed by atoms with van der Waals surface area (Å²) in [7, 11) is 0. The third kappa shape index (κ3) is 3.60. The minimum atomic E-state index is -0.204. The van der Waals surface area contributed by atoms with Gasteiger partial charge in [0.05, 0.1) is 0 Å². The number of aromatic nitrogens is 1. The number of benzene rings is 1. The predicted molar refractivity (Wildman–Crippen MR) is 103 cm³/mol. The highest BCUT2D eigenvalue weighted by molar-refractivity contribution is 5.96. The second kappa shape index (κ2) is 7.80. The lowest BCUT2D eigenvalue weighted by molar-refractivity contribution is -0.119. The van der Waals surface area contributed by atoms with Crippen molar-refractivity contribution in [3.63, 3.8) is 0 Å². The van der Waals surface area contributed by atoms with E-state index in [1.807, 2.05) is 18.2 Å². The first-order chi connectivity index (χ1) is 13.7. The van der Waals surface area contributed by atoms with Gasteiger partial charge in [0.1, 0.15) is 11.4 Å². The number of hydrogen-bond acceptors (Lipinski definition) is 4. The zero-order valence-corrected chi connectivity index (χ0v) is 15.6. The van der Waals surface area contributed by atoms with E-state index in [0.717, 1.165) is 18.4 Å². The first-order valence-electron chi connectivity index (χ1n) is 9.47. The predicted octanol–water partition coefficient (Wildman–Crippen LogP) is 1.19. The minimum absolute atomic E-state index is 0.157. The SMILES string of the molecule is O=CN1CCN(C(=O)c2cccc(C(=O)N3CCc4ccccc4C3)n2)CC1. The summed E-state index contributed by atoms with van der Waals surface area (Å²) in [6.45, 7) is 3.18. The van der Waals surface area contributed by atoms with E-state index in [0.29, 0.717) is 39.3 Å². The molecule has 0 atom stereocenters. The molecule has 0 radical (unpaired) electrons. The molecule has 4 rings (SSSR count). The van der Waals surface area contributed by atoms with E-state index in [1.54, 1.807) is 32.9 Å². The fourth-order valence-electron chi connectivity index (χ4n) is 3.70. The van der Waals surface area contributed by atoms with Crippen molar-refractivity contribution >= 4 is 18.2 Å². The molecule has 3 amide bonds. The molecule has 7 nitrogen and oxygen atoms in total. The number of fused-ring (bicyclic) bond motifs is 1. The maximum atomic E-state index is 12.9. The van der Waals surface area contributed by atoms with Crippen LogP contribution in [0.25, 0.3) is 0 Å². The van der Waals surface area contributed by atoms with Gasteiger partial charge in [0.25, 0.3) is 11.8 Å². The summed E-state index contributed by atoms with van der Waals surface area (Å²) >= 11 is 0. The van der Waals surface area contributed by atoms with Crippen LogP contribution in [0.1, 0.15) is 32.1 Å². The van der Waals surface area contributed by atoms with Gasteiger partial charge >= 0.3 is 0 Å². The van der Waals surface area contributed by atoms with Crippen LogP contribution in [0, 0.1) is 0 Å². The lowest BCUT2D eigenvalue weighted by Crippen LogP contribution is -2.48. The maximum absolute atomic E-state index is 12.9. The number of pyridine rings is 1. The largest absolute Gasteiger partial charge is 0.342 e. The van der Waals surface area contributed by atoms with Gasteiger partial charge < -0.3 is 14.7 Å². The molecule has 0 aliphatic carbocycles. The summed E-state index contributed by atoms with van der Waals surface area (Å²) in [6.07, 6.45) is 1.62. The van der Waals surface area contributed by atoms with Gasteiger partial charge in [0.15, 0.2) is 0 Å².